The lowest BCUT2D eigenvalue weighted by molar-refractivity contribution is 0.0998. The predicted octanol–water partition coefficient (Wildman–Crippen LogP) is 2.70. The highest BCUT2D eigenvalue weighted by Gasteiger charge is 2.31. The summed E-state index contributed by atoms with van der Waals surface area (Å²) in [5, 5.41) is 2.71. The lowest BCUT2D eigenvalue weighted by Gasteiger charge is -2.34. The molecule has 1 fully saturated rings. The second-order valence-corrected chi connectivity index (χ2v) is 9.63. The van der Waals surface area contributed by atoms with Gasteiger partial charge in [-0.1, -0.05) is 13.8 Å². The molecule has 0 saturated carbocycles. The zero-order valence-corrected chi connectivity index (χ0v) is 17.3. The number of anilines is 1. The first-order valence-electron chi connectivity index (χ1n) is 9.48. The van der Waals surface area contributed by atoms with E-state index >= 15 is 0 Å². The van der Waals surface area contributed by atoms with Crippen molar-refractivity contribution in [3.8, 4) is 0 Å². The maximum atomic E-state index is 12.9. The van der Waals surface area contributed by atoms with E-state index in [4.69, 9.17) is 5.73 Å². The SMILES string of the molecule is C[C@H]1C[C@H](C)CN(S(=O)(=O)c2ccc(C(=O)Nc3ccc(C(N)=O)cc3)cc2)C1. The van der Waals surface area contributed by atoms with E-state index in [1.165, 1.54) is 40.7 Å². The summed E-state index contributed by atoms with van der Waals surface area (Å²) in [5.74, 6) is -0.280. The molecule has 0 radical (unpaired) electrons. The molecule has 2 amide bonds. The first-order valence-corrected chi connectivity index (χ1v) is 10.9. The molecule has 0 aromatic heterocycles. The summed E-state index contributed by atoms with van der Waals surface area (Å²) in [5.41, 5.74) is 6.39. The van der Waals surface area contributed by atoms with E-state index in [-0.39, 0.29) is 10.8 Å². The summed E-state index contributed by atoms with van der Waals surface area (Å²) in [7, 11) is -3.58. The van der Waals surface area contributed by atoms with Crippen molar-refractivity contribution in [1.29, 1.82) is 0 Å². The quantitative estimate of drug-likeness (QED) is 0.782. The Hall–Kier alpha value is -2.71. The van der Waals surface area contributed by atoms with Crippen LogP contribution in [-0.2, 0) is 10.0 Å². The number of nitrogens with one attached hydrogen (secondary N) is 1. The van der Waals surface area contributed by atoms with E-state index in [0.29, 0.717) is 41.7 Å². The van der Waals surface area contributed by atoms with E-state index < -0.39 is 15.9 Å². The van der Waals surface area contributed by atoms with Gasteiger partial charge >= 0.3 is 0 Å². The predicted molar refractivity (Wildman–Crippen MR) is 111 cm³/mol. The van der Waals surface area contributed by atoms with Gasteiger partial charge in [-0.3, -0.25) is 9.59 Å². The lowest BCUT2D eigenvalue weighted by Crippen LogP contribution is -2.42. The molecule has 2 aromatic carbocycles. The van der Waals surface area contributed by atoms with Gasteiger partial charge in [-0.15, -0.1) is 0 Å². The number of carbonyl (C=O) groups excluding carboxylic acids is 2. The molecule has 0 spiro atoms. The van der Waals surface area contributed by atoms with Crippen LogP contribution in [0.2, 0.25) is 0 Å². The van der Waals surface area contributed by atoms with Crippen molar-refractivity contribution < 1.29 is 18.0 Å². The Morgan fingerprint density at radius 2 is 1.45 bits per heavy atom. The fourth-order valence-corrected chi connectivity index (χ4v) is 5.33. The van der Waals surface area contributed by atoms with Crippen molar-refractivity contribution in [3.63, 3.8) is 0 Å². The Morgan fingerprint density at radius 1 is 0.931 bits per heavy atom. The highest BCUT2D eigenvalue weighted by Crippen LogP contribution is 2.26. The molecule has 1 saturated heterocycles. The van der Waals surface area contributed by atoms with Gasteiger partial charge in [-0.2, -0.15) is 4.31 Å². The molecule has 2 aromatic rings. The van der Waals surface area contributed by atoms with E-state index in [1.807, 2.05) is 0 Å². The molecule has 3 N–H and O–H groups in total. The molecule has 1 aliphatic rings. The number of nitrogens with two attached hydrogens (primary N) is 1. The number of rotatable bonds is 5. The van der Waals surface area contributed by atoms with Gasteiger partial charge in [-0.05, 0) is 66.8 Å². The third-order valence-corrected chi connectivity index (χ3v) is 6.86. The molecule has 1 heterocycles. The van der Waals surface area contributed by atoms with E-state index in [2.05, 4.69) is 19.2 Å². The Balaban J connectivity index is 1.72. The van der Waals surface area contributed by atoms with Gasteiger partial charge in [0.05, 0.1) is 4.90 Å². The summed E-state index contributed by atoms with van der Waals surface area (Å²) in [6.07, 6.45) is 1.02. The Morgan fingerprint density at radius 3 is 1.97 bits per heavy atom. The second-order valence-electron chi connectivity index (χ2n) is 7.69. The molecule has 8 heteroatoms. The number of hydrogen-bond donors (Lipinski definition) is 2. The van der Waals surface area contributed by atoms with Crippen molar-refractivity contribution in [1.82, 2.24) is 4.31 Å². The van der Waals surface area contributed by atoms with Gasteiger partial charge in [0, 0.05) is 29.9 Å². The number of piperidine rings is 1. The number of primary amides is 1. The Bertz CT molecular complexity index is 991. The molecule has 7 nitrogen and oxygen atoms in total. The van der Waals surface area contributed by atoms with Crippen LogP contribution in [0.3, 0.4) is 0 Å². The number of benzene rings is 2. The van der Waals surface area contributed by atoms with Crippen molar-refractivity contribution in [2.75, 3.05) is 18.4 Å². The maximum Gasteiger partial charge on any atom is 0.255 e. The van der Waals surface area contributed by atoms with Gasteiger partial charge in [0.15, 0.2) is 0 Å². The topological polar surface area (TPSA) is 110 Å². The number of nitrogens with zero attached hydrogens (tertiary/aromatic N) is 1. The average Bonchev–Trinajstić information content (AvgIpc) is 2.67. The molecule has 0 unspecified atom stereocenters. The van der Waals surface area contributed by atoms with Crippen LogP contribution in [0.1, 0.15) is 41.0 Å². The smallest absolute Gasteiger partial charge is 0.255 e. The lowest BCUT2D eigenvalue weighted by atomic mass is 9.94. The number of sulfonamides is 1. The molecule has 0 bridgehead atoms. The second kappa shape index (κ2) is 8.34. The third kappa shape index (κ3) is 4.83. The van der Waals surface area contributed by atoms with Gasteiger partial charge in [0.1, 0.15) is 0 Å². The Labute approximate surface area is 171 Å². The monoisotopic (exact) mass is 415 g/mol. The van der Waals surface area contributed by atoms with Crippen LogP contribution < -0.4 is 11.1 Å². The summed E-state index contributed by atoms with van der Waals surface area (Å²) >= 11 is 0. The van der Waals surface area contributed by atoms with Crippen LogP contribution >= 0.6 is 0 Å². The minimum atomic E-state index is -3.58. The zero-order valence-electron chi connectivity index (χ0n) is 16.5. The molecule has 29 heavy (non-hydrogen) atoms. The molecule has 2 atom stereocenters. The van der Waals surface area contributed by atoms with Crippen LogP contribution in [0, 0.1) is 11.8 Å². The fraction of sp³-hybridized carbons (Fsp3) is 0.333. The van der Waals surface area contributed by atoms with Gasteiger partial charge < -0.3 is 11.1 Å². The molecule has 154 valence electrons. The van der Waals surface area contributed by atoms with Crippen LogP contribution in [0.25, 0.3) is 0 Å². The van der Waals surface area contributed by atoms with Crippen LogP contribution in [0.15, 0.2) is 53.4 Å². The van der Waals surface area contributed by atoms with Gasteiger partial charge in [-0.25, -0.2) is 8.42 Å². The molecular formula is C21H25N3O4S. The molecule has 0 aliphatic carbocycles. The number of carbonyl (C=O) groups is 2. The maximum absolute atomic E-state index is 12.9. The largest absolute Gasteiger partial charge is 0.366 e. The number of hydrogen-bond acceptors (Lipinski definition) is 4. The number of amides is 2. The van der Waals surface area contributed by atoms with E-state index in [9.17, 15) is 18.0 Å². The summed E-state index contributed by atoms with van der Waals surface area (Å²) < 4.78 is 27.4. The minimum absolute atomic E-state index is 0.182. The Kier molecular flexibility index (Phi) is 6.04. The van der Waals surface area contributed by atoms with Crippen LogP contribution in [0.5, 0.6) is 0 Å². The van der Waals surface area contributed by atoms with Crippen molar-refractivity contribution >= 4 is 27.5 Å². The van der Waals surface area contributed by atoms with Crippen LogP contribution in [-0.4, -0.2) is 37.6 Å². The average molecular weight is 416 g/mol. The third-order valence-electron chi connectivity index (χ3n) is 5.02. The van der Waals surface area contributed by atoms with Crippen molar-refractivity contribution in [3.05, 3.63) is 59.7 Å². The first-order chi connectivity index (χ1) is 13.7. The fourth-order valence-electron chi connectivity index (χ4n) is 3.65. The van der Waals surface area contributed by atoms with Crippen LogP contribution in [0.4, 0.5) is 5.69 Å². The van der Waals surface area contributed by atoms with E-state index in [0.717, 1.165) is 6.42 Å². The minimum Gasteiger partial charge on any atom is -0.366 e. The van der Waals surface area contributed by atoms with Gasteiger partial charge in [0.25, 0.3) is 5.91 Å². The molecule has 3 rings (SSSR count). The zero-order chi connectivity index (χ0) is 21.2. The normalized spacial score (nSPS) is 20.2. The highest BCUT2D eigenvalue weighted by molar-refractivity contribution is 7.89. The van der Waals surface area contributed by atoms with Gasteiger partial charge in [0.2, 0.25) is 15.9 Å². The van der Waals surface area contributed by atoms with Crippen molar-refractivity contribution in [2.24, 2.45) is 17.6 Å². The summed E-state index contributed by atoms with van der Waals surface area (Å²) in [4.78, 5) is 23.7. The molecular weight excluding hydrogens is 390 g/mol. The molecule has 1 aliphatic heterocycles. The first kappa shape index (κ1) is 21.0. The summed E-state index contributed by atoms with van der Waals surface area (Å²) in [6.45, 7) is 5.13. The summed E-state index contributed by atoms with van der Waals surface area (Å²) in [6, 6.07) is 12.1. The van der Waals surface area contributed by atoms with E-state index in [1.54, 1.807) is 12.1 Å². The standard InChI is InChI=1S/C21H25N3O4S/c1-14-11-15(2)13-24(12-14)29(27,28)19-9-5-17(6-10-19)21(26)23-18-7-3-16(4-8-18)20(22)25/h3-10,14-15H,11-13H2,1-2H3,(H2,22,25)(H,23,26)/t14-,15-/m0/s1. The van der Waals surface area contributed by atoms with Crippen molar-refractivity contribution in [2.45, 2.75) is 25.2 Å². The highest BCUT2D eigenvalue weighted by atomic mass is 32.2.